The van der Waals surface area contributed by atoms with Gasteiger partial charge in [-0.25, -0.2) is 9.36 Å². The summed E-state index contributed by atoms with van der Waals surface area (Å²) in [7, 11) is -4.72. The van der Waals surface area contributed by atoms with Gasteiger partial charge in [-0.3, -0.25) is 18.6 Å². The van der Waals surface area contributed by atoms with Crippen LogP contribution in [0.3, 0.4) is 0 Å². The van der Waals surface area contributed by atoms with Gasteiger partial charge in [0.2, 0.25) is 5.91 Å². The molecule has 3 atom stereocenters. The molecule has 222 valence electrons. The molecule has 0 spiro atoms. The summed E-state index contributed by atoms with van der Waals surface area (Å²) in [6, 6.07) is -1.54. The van der Waals surface area contributed by atoms with Crippen LogP contribution in [0, 0.1) is 0 Å². The second-order valence-electron chi connectivity index (χ2n) is 9.23. The van der Waals surface area contributed by atoms with Gasteiger partial charge in [0.25, 0.3) is 0 Å². The van der Waals surface area contributed by atoms with Gasteiger partial charge in [-0.15, -0.1) is 0 Å². The number of carbonyl (C=O) groups excluding carboxylic acids is 2. The Balaban J connectivity index is 4.02. The van der Waals surface area contributed by atoms with Crippen LogP contribution in [0.25, 0.3) is 0 Å². The van der Waals surface area contributed by atoms with Crippen LogP contribution in [0.1, 0.15) is 104 Å². The number of phosphoric ester groups is 1. The predicted molar refractivity (Wildman–Crippen MR) is 143 cm³/mol. The molecule has 0 heterocycles. The highest BCUT2D eigenvalue weighted by molar-refractivity contribution is 7.47. The van der Waals surface area contributed by atoms with E-state index >= 15 is 0 Å². The van der Waals surface area contributed by atoms with Crippen molar-refractivity contribution in [3.63, 3.8) is 0 Å². The van der Waals surface area contributed by atoms with Crippen LogP contribution in [0.2, 0.25) is 0 Å². The monoisotopic (exact) mass is 565 g/mol. The highest BCUT2D eigenvalue weighted by atomic mass is 31.2. The number of aliphatic carboxylic acids is 1. The number of rotatable bonds is 25. The molecular weight excluding hydrogens is 517 g/mol. The van der Waals surface area contributed by atoms with Gasteiger partial charge >= 0.3 is 19.8 Å². The molecule has 0 aliphatic carbocycles. The maximum atomic E-state index is 12.0. The van der Waals surface area contributed by atoms with Gasteiger partial charge in [0.15, 0.2) is 6.04 Å². The van der Waals surface area contributed by atoms with Crippen molar-refractivity contribution in [2.45, 2.75) is 116 Å². The third-order valence-corrected chi connectivity index (χ3v) is 6.51. The molecule has 0 saturated heterocycles. The van der Waals surface area contributed by atoms with E-state index in [1.807, 2.05) is 6.92 Å². The van der Waals surface area contributed by atoms with Crippen molar-refractivity contribution in [1.82, 2.24) is 5.32 Å². The van der Waals surface area contributed by atoms with E-state index in [2.05, 4.69) is 33.4 Å². The molecule has 4 N–H and O–H groups in total. The average Bonchev–Trinajstić information content (AvgIpc) is 2.87. The zero-order valence-electron chi connectivity index (χ0n) is 23.0. The molecule has 0 fully saturated rings. The fourth-order valence-electron chi connectivity index (χ4n) is 3.29. The molecule has 0 bridgehead atoms. The number of allylic oxidation sites excluding steroid dienone is 2. The minimum absolute atomic E-state index is 0.132. The normalized spacial score (nSPS) is 14.6. The molecule has 0 radical (unpaired) electrons. The van der Waals surface area contributed by atoms with Crippen LogP contribution in [0.4, 0.5) is 0 Å². The van der Waals surface area contributed by atoms with Gasteiger partial charge in [-0.05, 0) is 32.1 Å². The first-order valence-corrected chi connectivity index (χ1v) is 15.2. The zero-order valence-corrected chi connectivity index (χ0v) is 23.9. The maximum absolute atomic E-state index is 12.0. The molecule has 38 heavy (non-hydrogen) atoms. The number of nitrogens with one attached hydrogen (secondary N) is 1. The topological polar surface area (TPSA) is 169 Å². The number of carboxylic acids is 1. The Morgan fingerprint density at radius 2 is 1.39 bits per heavy atom. The lowest BCUT2D eigenvalue weighted by atomic mass is 10.1. The Morgan fingerprint density at radius 3 is 2.05 bits per heavy atom. The maximum Gasteiger partial charge on any atom is 0.472 e. The highest BCUT2D eigenvalue weighted by Gasteiger charge is 2.28. The first kappa shape index (κ1) is 36.2. The van der Waals surface area contributed by atoms with E-state index in [0.29, 0.717) is 12.8 Å². The van der Waals surface area contributed by atoms with E-state index in [1.54, 1.807) is 0 Å². The van der Waals surface area contributed by atoms with Crippen molar-refractivity contribution in [2.24, 2.45) is 0 Å². The lowest BCUT2D eigenvalue weighted by Crippen LogP contribution is -2.43. The largest absolute Gasteiger partial charge is 0.480 e. The number of phosphoric acid groups is 1. The van der Waals surface area contributed by atoms with E-state index in [1.165, 1.54) is 12.8 Å². The standard InChI is InChI=1S/C26H48NO10P/c1-3-5-7-8-9-10-11-12-13-14-16-18-25(30)35-19-22(28)20-36-38(33,34)37-21-23(26(31)32)27-24(29)17-15-6-4-2/h8-9,22-23,28H,3-7,10-21H2,1-2H3,(H,27,29)(H,31,32)(H,33,34)/b9-8-. The van der Waals surface area contributed by atoms with E-state index in [4.69, 9.17) is 4.74 Å². The summed E-state index contributed by atoms with van der Waals surface area (Å²) in [6.45, 7) is 2.24. The number of aliphatic hydroxyl groups excluding tert-OH is 1. The fourth-order valence-corrected chi connectivity index (χ4v) is 4.06. The quantitative estimate of drug-likeness (QED) is 0.0529. The van der Waals surface area contributed by atoms with Gasteiger partial charge in [-0.1, -0.05) is 70.9 Å². The van der Waals surface area contributed by atoms with Crippen LogP contribution in [0.5, 0.6) is 0 Å². The predicted octanol–water partition coefficient (Wildman–Crippen LogP) is 4.65. The minimum atomic E-state index is -4.72. The van der Waals surface area contributed by atoms with E-state index in [0.717, 1.165) is 51.4 Å². The van der Waals surface area contributed by atoms with E-state index in [9.17, 15) is 34.1 Å². The van der Waals surface area contributed by atoms with Crippen LogP contribution in [-0.4, -0.2) is 64.9 Å². The minimum Gasteiger partial charge on any atom is -0.480 e. The number of aliphatic hydroxyl groups is 1. The molecule has 0 aliphatic heterocycles. The Morgan fingerprint density at radius 1 is 0.816 bits per heavy atom. The van der Waals surface area contributed by atoms with E-state index in [-0.39, 0.29) is 12.8 Å². The lowest BCUT2D eigenvalue weighted by molar-refractivity contribution is -0.147. The lowest BCUT2D eigenvalue weighted by Gasteiger charge is -2.18. The number of carbonyl (C=O) groups is 3. The summed E-state index contributed by atoms with van der Waals surface area (Å²) in [4.78, 5) is 44.6. The Hall–Kier alpha value is -1.78. The number of amides is 1. The molecule has 0 aromatic rings. The van der Waals surface area contributed by atoms with Gasteiger partial charge in [0.1, 0.15) is 12.7 Å². The molecule has 3 unspecified atom stereocenters. The number of ether oxygens (including phenoxy) is 1. The molecule has 1 amide bonds. The number of esters is 1. The summed E-state index contributed by atoms with van der Waals surface area (Å²) >= 11 is 0. The van der Waals surface area contributed by atoms with Crippen molar-refractivity contribution in [3.05, 3.63) is 12.2 Å². The summed E-state index contributed by atoms with van der Waals surface area (Å²) in [5, 5.41) is 21.3. The molecule has 0 aliphatic rings. The third-order valence-electron chi connectivity index (χ3n) is 5.55. The smallest absolute Gasteiger partial charge is 0.472 e. The van der Waals surface area contributed by atoms with Gasteiger partial charge in [-0.2, -0.15) is 0 Å². The van der Waals surface area contributed by atoms with Gasteiger partial charge < -0.3 is 25.2 Å². The highest BCUT2D eigenvalue weighted by Crippen LogP contribution is 2.43. The summed E-state index contributed by atoms with van der Waals surface area (Å²) < 4.78 is 26.2. The molecule has 12 heteroatoms. The molecule has 0 saturated carbocycles. The van der Waals surface area contributed by atoms with Crippen molar-refractivity contribution < 1.29 is 47.8 Å². The SMILES string of the molecule is CCCC/C=C\CCCCCCCC(=O)OCC(O)COP(=O)(O)OCC(NC(=O)CCCCC)C(=O)O. The molecular formula is C26H48NO10P. The molecule has 0 aromatic carbocycles. The number of hydrogen-bond donors (Lipinski definition) is 4. The second-order valence-corrected chi connectivity index (χ2v) is 10.7. The first-order chi connectivity index (χ1) is 18.1. The number of unbranched alkanes of at least 4 members (excludes halogenated alkanes) is 9. The van der Waals surface area contributed by atoms with Crippen LogP contribution in [0.15, 0.2) is 12.2 Å². The van der Waals surface area contributed by atoms with Crippen molar-refractivity contribution in [2.75, 3.05) is 19.8 Å². The zero-order chi connectivity index (χ0) is 28.7. The summed E-state index contributed by atoms with van der Waals surface area (Å²) in [5.74, 6) is -2.42. The first-order valence-electron chi connectivity index (χ1n) is 13.7. The van der Waals surface area contributed by atoms with Crippen molar-refractivity contribution in [1.29, 1.82) is 0 Å². The Kier molecular flexibility index (Phi) is 22.1. The van der Waals surface area contributed by atoms with Gasteiger partial charge in [0, 0.05) is 12.8 Å². The average molecular weight is 566 g/mol. The molecule has 0 rings (SSSR count). The van der Waals surface area contributed by atoms with Crippen LogP contribution in [-0.2, 0) is 32.7 Å². The third kappa shape index (κ3) is 22.2. The van der Waals surface area contributed by atoms with Crippen LogP contribution < -0.4 is 5.32 Å². The summed E-state index contributed by atoms with van der Waals surface area (Å²) in [6.07, 6.45) is 15.2. The van der Waals surface area contributed by atoms with E-state index < -0.39 is 57.6 Å². The van der Waals surface area contributed by atoms with Crippen molar-refractivity contribution in [3.8, 4) is 0 Å². The second kappa shape index (κ2) is 23.1. The van der Waals surface area contributed by atoms with Crippen molar-refractivity contribution >= 4 is 25.7 Å². The van der Waals surface area contributed by atoms with Gasteiger partial charge in [0.05, 0.1) is 13.2 Å². The molecule has 0 aromatic heterocycles. The number of carboxylic acid groups (broad SMARTS) is 1. The number of hydrogen-bond acceptors (Lipinski definition) is 8. The fraction of sp³-hybridized carbons (Fsp3) is 0.808. The summed E-state index contributed by atoms with van der Waals surface area (Å²) in [5.41, 5.74) is 0. The Labute approximate surface area is 226 Å². The molecule has 11 nitrogen and oxygen atoms in total. The van der Waals surface area contributed by atoms with Crippen LogP contribution >= 0.6 is 7.82 Å². The Bertz CT molecular complexity index is 731.